The van der Waals surface area contributed by atoms with Gasteiger partial charge in [0.15, 0.2) is 0 Å². The van der Waals surface area contributed by atoms with Crippen molar-refractivity contribution in [1.82, 2.24) is 0 Å². The maximum Gasteiger partial charge on any atom is 0.143 e. The molecule has 0 radical (unpaired) electrons. The first-order chi connectivity index (χ1) is 9.85. The van der Waals surface area contributed by atoms with Crippen molar-refractivity contribution in [3.05, 3.63) is 70.8 Å². The molecule has 3 heteroatoms. The Balaban J connectivity index is 1.99. The second-order valence-corrected chi connectivity index (χ2v) is 4.33. The van der Waals surface area contributed by atoms with E-state index >= 15 is 0 Å². The molecule has 0 atom stereocenters. The molecule has 20 heavy (non-hydrogen) atoms. The van der Waals surface area contributed by atoms with Gasteiger partial charge >= 0.3 is 0 Å². The van der Waals surface area contributed by atoms with E-state index in [1.165, 1.54) is 5.56 Å². The van der Waals surface area contributed by atoms with E-state index in [4.69, 9.17) is 10.1 Å². The summed E-state index contributed by atoms with van der Waals surface area (Å²) < 4.78 is 0. The zero-order valence-electron chi connectivity index (χ0n) is 11.4. The van der Waals surface area contributed by atoms with Crippen molar-refractivity contribution in [2.45, 2.75) is 20.0 Å². The Hall–Kier alpha value is -2.60. The van der Waals surface area contributed by atoms with Gasteiger partial charge in [-0.1, -0.05) is 54.5 Å². The molecule has 0 saturated heterocycles. The van der Waals surface area contributed by atoms with Crippen LogP contribution in [-0.2, 0) is 17.9 Å². The van der Waals surface area contributed by atoms with Crippen LogP contribution in [0, 0.1) is 11.3 Å². The Bertz CT molecular complexity index is 641. The molecule has 0 aliphatic rings. The third-order valence-corrected chi connectivity index (χ3v) is 3.06. The van der Waals surface area contributed by atoms with Crippen molar-refractivity contribution in [3.63, 3.8) is 0 Å². The monoisotopic (exact) mass is 264 g/mol. The normalized spacial score (nSPS) is 10.4. The Morgan fingerprint density at radius 2 is 1.80 bits per heavy atom. The van der Waals surface area contributed by atoms with Crippen LogP contribution in [0.15, 0.2) is 53.7 Å². The Morgan fingerprint density at radius 1 is 1.10 bits per heavy atom. The molecule has 2 rings (SSSR count). The minimum atomic E-state index is 0.300. The first kappa shape index (κ1) is 13.8. The van der Waals surface area contributed by atoms with E-state index in [0.717, 1.165) is 17.5 Å². The molecule has 2 aromatic rings. The van der Waals surface area contributed by atoms with E-state index in [0.29, 0.717) is 12.2 Å². The third kappa shape index (κ3) is 3.46. The molecule has 0 fully saturated rings. The quantitative estimate of drug-likeness (QED) is 0.611. The van der Waals surface area contributed by atoms with Crippen LogP contribution in [0.4, 0.5) is 0 Å². The lowest BCUT2D eigenvalue weighted by Crippen LogP contribution is -1.94. The van der Waals surface area contributed by atoms with Crippen LogP contribution in [0.25, 0.3) is 0 Å². The van der Waals surface area contributed by atoms with Gasteiger partial charge in [0.2, 0.25) is 0 Å². The largest absolute Gasteiger partial charge is 0.391 e. The highest BCUT2D eigenvalue weighted by Gasteiger charge is 2.00. The highest BCUT2D eigenvalue weighted by Crippen LogP contribution is 2.10. The van der Waals surface area contributed by atoms with Crippen LogP contribution >= 0.6 is 0 Å². The second kappa shape index (κ2) is 7.10. The minimum Gasteiger partial charge on any atom is -0.391 e. The van der Waals surface area contributed by atoms with Gasteiger partial charge in [0.05, 0.1) is 17.8 Å². The van der Waals surface area contributed by atoms with Crippen LogP contribution in [0.2, 0.25) is 0 Å². The second-order valence-electron chi connectivity index (χ2n) is 4.33. The summed E-state index contributed by atoms with van der Waals surface area (Å²) in [4.78, 5) is 5.28. The standard InChI is InChI=1S/C17H16N2O/c1-2-14-7-3-5-9-16(14)12-19-20-13-17-10-6-4-8-15(17)11-18/h3-10,12H,2,13H2,1H3. The summed E-state index contributed by atoms with van der Waals surface area (Å²) in [5, 5.41) is 13.0. The van der Waals surface area contributed by atoms with Crippen LogP contribution < -0.4 is 0 Å². The summed E-state index contributed by atoms with van der Waals surface area (Å²) in [6.45, 7) is 2.41. The molecule has 0 N–H and O–H groups in total. The molecule has 2 aromatic carbocycles. The predicted octanol–water partition coefficient (Wildman–Crippen LogP) is 3.67. The topological polar surface area (TPSA) is 45.4 Å². The van der Waals surface area contributed by atoms with Gasteiger partial charge in [0.25, 0.3) is 0 Å². The number of nitriles is 1. The van der Waals surface area contributed by atoms with Crippen molar-refractivity contribution < 1.29 is 4.84 Å². The molecule has 3 nitrogen and oxygen atoms in total. The number of benzene rings is 2. The van der Waals surface area contributed by atoms with E-state index in [9.17, 15) is 0 Å². The lowest BCUT2D eigenvalue weighted by atomic mass is 10.1. The average molecular weight is 264 g/mol. The molecule has 0 amide bonds. The van der Waals surface area contributed by atoms with Crippen molar-refractivity contribution in [2.24, 2.45) is 5.16 Å². The summed E-state index contributed by atoms with van der Waals surface area (Å²) in [5.74, 6) is 0. The van der Waals surface area contributed by atoms with E-state index < -0.39 is 0 Å². The molecule has 0 aromatic heterocycles. The number of nitrogens with zero attached hydrogens (tertiary/aromatic N) is 2. The minimum absolute atomic E-state index is 0.300. The van der Waals surface area contributed by atoms with Crippen LogP contribution in [0.5, 0.6) is 0 Å². The molecule has 0 unspecified atom stereocenters. The zero-order valence-corrected chi connectivity index (χ0v) is 11.4. The Labute approximate surface area is 119 Å². The van der Waals surface area contributed by atoms with Gasteiger partial charge in [-0.2, -0.15) is 5.26 Å². The molecule has 0 bridgehead atoms. The van der Waals surface area contributed by atoms with Gasteiger partial charge < -0.3 is 4.84 Å². The van der Waals surface area contributed by atoms with Crippen molar-refractivity contribution in [3.8, 4) is 6.07 Å². The van der Waals surface area contributed by atoms with Crippen LogP contribution in [0.3, 0.4) is 0 Å². The van der Waals surface area contributed by atoms with Crippen LogP contribution in [0.1, 0.15) is 29.2 Å². The van der Waals surface area contributed by atoms with E-state index in [1.54, 1.807) is 12.3 Å². The average Bonchev–Trinajstić information content (AvgIpc) is 2.52. The molecule has 0 spiro atoms. The first-order valence-electron chi connectivity index (χ1n) is 6.56. The fourth-order valence-corrected chi connectivity index (χ4v) is 1.94. The molecule has 0 saturated carbocycles. The van der Waals surface area contributed by atoms with E-state index in [1.807, 2.05) is 36.4 Å². The molecular formula is C17H16N2O. The smallest absolute Gasteiger partial charge is 0.143 e. The predicted molar refractivity (Wildman–Crippen MR) is 79.4 cm³/mol. The maximum atomic E-state index is 8.98. The first-order valence-corrected chi connectivity index (χ1v) is 6.56. The van der Waals surface area contributed by atoms with Gasteiger partial charge in [-0.3, -0.25) is 0 Å². The fraction of sp³-hybridized carbons (Fsp3) is 0.176. The molecule has 0 aliphatic carbocycles. The highest BCUT2D eigenvalue weighted by molar-refractivity contribution is 5.81. The summed E-state index contributed by atoms with van der Waals surface area (Å²) in [7, 11) is 0. The molecule has 100 valence electrons. The maximum absolute atomic E-state index is 8.98. The van der Waals surface area contributed by atoms with Gasteiger partial charge in [0.1, 0.15) is 6.61 Å². The number of aryl methyl sites for hydroxylation is 1. The summed E-state index contributed by atoms with van der Waals surface area (Å²) in [5.41, 5.74) is 3.76. The summed E-state index contributed by atoms with van der Waals surface area (Å²) in [6, 6.07) is 17.6. The highest BCUT2D eigenvalue weighted by atomic mass is 16.6. The van der Waals surface area contributed by atoms with Crippen molar-refractivity contribution in [2.75, 3.05) is 0 Å². The van der Waals surface area contributed by atoms with Crippen LogP contribution in [-0.4, -0.2) is 6.21 Å². The molecule has 0 heterocycles. The number of rotatable bonds is 5. The third-order valence-electron chi connectivity index (χ3n) is 3.06. The molecular weight excluding hydrogens is 248 g/mol. The number of hydrogen-bond acceptors (Lipinski definition) is 3. The zero-order chi connectivity index (χ0) is 14.2. The SMILES string of the molecule is CCc1ccccc1C=NOCc1ccccc1C#N. The number of oxime groups is 1. The molecule has 0 aliphatic heterocycles. The Kier molecular flexibility index (Phi) is 4.91. The Morgan fingerprint density at radius 3 is 2.55 bits per heavy atom. The summed E-state index contributed by atoms with van der Waals surface area (Å²) >= 11 is 0. The van der Waals surface area contributed by atoms with E-state index in [2.05, 4.69) is 24.2 Å². The van der Waals surface area contributed by atoms with Gasteiger partial charge in [-0.25, -0.2) is 0 Å². The van der Waals surface area contributed by atoms with Gasteiger partial charge in [0, 0.05) is 5.56 Å². The van der Waals surface area contributed by atoms with Gasteiger partial charge in [-0.05, 0) is 23.6 Å². The lowest BCUT2D eigenvalue weighted by Gasteiger charge is -2.03. The van der Waals surface area contributed by atoms with E-state index in [-0.39, 0.29) is 0 Å². The van der Waals surface area contributed by atoms with Crippen molar-refractivity contribution >= 4 is 6.21 Å². The number of hydrogen-bond donors (Lipinski definition) is 0. The lowest BCUT2D eigenvalue weighted by molar-refractivity contribution is 0.132. The van der Waals surface area contributed by atoms with Gasteiger partial charge in [-0.15, -0.1) is 0 Å². The fourth-order valence-electron chi connectivity index (χ4n) is 1.94. The summed E-state index contributed by atoms with van der Waals surface area (Å²) in [6.07, 6.45) is 2.67. The van der Waals surface area contributed by atoms with Crippen molar-refractivity contribution in [1.29, 1.82) is 5.26 Å².